The lowest BCUT2D eigenvalue weighted by atomic mass is 9.97. The van der Waals surface area contributed by atoms with Crippen molar-refractivity contribution >= 4 is 17.1 Å². The first-order valence-corrected chi connectivity index (χ1v) is 7.01. The highest BCUT2D eigenvalue weighted by molar-refractivity contribution is 5.85. The van der Waals surface area contributed by atoms with Crippen LogP contribution in [0, 0.1) is 5.92 Å². The molecule has 0 unspecified atom stereocenters. The Kier molecular flexibility index (Phi) is 3.60. The molecule has 98 valence electrons. The molecule has 0 radical (unpaired) electrons. The predicted octanol–water partition coefficient (Wildman–Crippen LogP) is 3.25. The van der Waals surface area contributed by atoms with Crippen LogP contribution in [0.25, 0.3) is 10.8 Å². The lowest BCUT2D eigenvalue weighted by Gasteiger charge is -2.29. The highest BCUT2D eigenvalue weighted by Gasteiger charge is 2.18. The van der Waals surface area contributed by atoms with Gasteiger partial charge in [-0.15, -0.1) is 0 Å². The fraction of sp³-hybridized carbons (Fsp3) is 0.353. The second-order valence-electron chi connectivity index (χ2n) is 5.39. The van der Waals surface area contributed by atoms with Crippen molar-refractivity contribution in [2.24, 2.45) is 5.92 Å². The minimum absolute atomic E-state index is 0.281. The summed E-state index contributed by atoms with van der Waals surface area (Å²) in [6.45, 7) is 3.06. The number of rotatable bonds is 3. The van der Waals surface area contributed by atoms with Crippen LogP contribution in [0.5, 0.6) is 0 Å². The average molecular weight is 253 g/mol. The monoisotopic (exact) mass is 253 g/mol. The Bertz CT molecular complexity index is 565. The van der Waals surface area contributed by atoms with Crippen molar-refractivity contribution in [3.05, 3.63) is 48.0 Å². The maximum Gasteiger partial charge on any atom is 0.123 e. The van der Waals surface area contributed by atoms with Crippen LogP contribution in [-0.2, 0) is 11.3 Å². The van der Waals surface area contributed by atoms with Gasteiger partial charge in [-0.3, -0.25) is 4.90 Å². The fourth-order valence-electron chi connectivity index (χ4n) is 2.92. The molecular weight excluding hydrogens is 234 g/mol. The van der Waals surface area contributed by atoms with Gasteiger partial charge in [0.1, 0.15) is 6.29 Å². The fourth-order valence-corrected chi connectivity index (χ4v) is 2.92. The molecular formula is C17H19NO. The molecule has 0 saturated carbocycles. The predicted molar refractivity (Wildman–Crippen MR) is 78.0 cm³/mol. The largest absolute Gasteiger partial charge is 0.303 e. The van der Waals surface area contributed by atoms with E-state index in [1.54, 1.807) is 0 Å². The summed E-state index contributed by atoms with van der Waals surface area (Å²) in [7, 11) is 0. The van der Waals surface area contributed by atoms with Crippen LogP contribution >= 0.6 is 0 Å². The van der Waals surface area contributed by atoms with Gasteiger partial charge in [0.25, 0.3) is 0 Å². The molecule has 0 spiro atoms. The number of fused-ring (bicyclic) bond motifs is 1. The van der Waals surface area contributed by atoms with E-state index >= 15 is 0 Å². The van der Waals surface area contributed by atoms with Gasteiger partial charge < -0.3 is 4.79 Å². The van der Waals surface area contributed by atoms with Crippen LogP contribution in [0.3, 0.4) is 0 Å². The van der Waals surface area contributed by atoms with Crippen LogP contribution in [0.15, 0.2) is 42.5 Å². The highest BCUT2D eigenvalue weighted by atomic mass is 16.1. The average Bonchev–Trinajstić information content (AvgIpc) is 2.48. The minimum atomic E-state index is 0.281. The second-order valence-corrected chi connectivity index (χ2v) is 5.39. The zero-order valence-corrected chi connectivity index (χ0v) is 11.1. The summed E-state index contributed by atoms with van der Waals surface area (Å²) in [4.78, 5) is 13.2. The van der Waals surface area contributed by atoms with Crippen LogP contribution in [0.4, 0.5) is 0 Å². The molecule has 1 heterocycles. The third-order valence-corrected chi connectivity index (χ3v) is 4.10. The van der Waals surface area contributed by atoms with Gasteiger partial charge in [0.15, 0.2) is 0 Å². The minimum Gasteiger partial charge on any atom is -0.303 e. The van der Waals surface area contributed by atoms with Gasteiger partial charge in [-0.1, -0.05) is 42.5 Å². The number of likely N-dealkylation sites (tertiary alicyclic amines) is 1. The zero-order valence-electron chi connectivity index (χ0n) is 11.1. The maximum atomic E-state index is 10.8. The van der Waals surface area contributed by atoms with Crippen molar-refractivity contribution in [1.82, 2.24) is 4.90 Å². The number of benzene rings is 2. The van der Waals surface area contributed by atoms with Crippen molar-refractivity contribution in [3.63, 3.8) is 0 Å². The van der Waals surface area contributed by atoms with Crippen LogP contribution in [0.1, 0.15) is 18.4 Å². The molecule has 2 heteroatoms. The molecule has 2 aromatic rings. The summed E-state index contributed by atoms with van der Waals surface area (Å²) >= 11 is 0. The van der Waals surface area contributed by atoms with E-state index in [4.69, 9.17) is 0 Å². The van der Waals surface area contributed by atoms with Crippen molar-refractivity contribution in [2.75, 3.05) is 13.1 Å². The summed E-state index contributed by atoms with van der Waals surface area (Å²) in [5, 5.41) is 2.66. The molecule has 19 heavy (non-hydrogen) atoms. The van der Waals surface area contributed by atoms with Gasteiger partial charge in [0, 0.05) is 12.5 Å². The summed E-state index contributed by atoms with van der Waals surface area (Å²) in [5.74, 6) is 0.281. The Morgan fingerprint density at radius 3 is 2.58 bits per heavy atom. The van der Waals surface area contributed by atoms with E-state index in [9.17, 15) is 4.79 Å². The van der Waals surface area contributed by atoms with Gasteiger partial charge >= 0.3 is 0 Å². The third kappa shape index (κ3) is 2.69. The molecule has 1 aliphatic rings. The number of hydrogen-bond donors (Lipinski definition) is 0. The van der Waals surface area contributed by atoms with E-state index in [1.165, 1.54) is 16.3 Å². The van der Waals surface area contributed by atoms with E-state index < -0.39 is 0 Å². The van der Waals surface area contributed by atoms with Gasteiger partial charge in [-0.05, 0) is 42.3 Å². The summed E-state index contributed by atoms with van der Waals surface area (Å²) in [6.07, 6.45) is 3.14. The van der Waals surface area contributed by atoms with E-state index in [1.807, 2.05) is 0 Å². The smallest absolute Gasteiger partial charge is 0.123 e. The molecule has 0 aromatic heterocycles. The Hall–Kier alpha value is -1.67. The molecule has 0 atom stereocenters. The molecule has 1 saturated heterocycles. The quantitative estimate of drug-likeness (QED) is 0.783. The normalized spacial score (nSPS) is 17.7. The zero-order chi connectivity index (χ0) is 13.1. The maximum absolute atomic E-state index is 10.8. The number of nitrogens with zero attached hydrogens (tertiary/aromatic N) is 1. The first kappa shape index (κ1) is 12.4. The lowest BCUT2D eigenvalue weighted by Crippen LogP contribution is -2.33. The summed E-state index contributed by atoms with van der Waals surface area (Å²) in [5.41, 5.74) is 1.39. The Balaban J connectivity index is 1.77. The van der Waals surface area contributed by atoms with Crippen molar-refractivity contribution in [1.29, 1.82) is 0 Å². The van der Waals surface area contributed by atoms with Crippen LogP contribution in [-0.4, -0.2) is 24.3 Å². The Morgan fingerprint density at radius 2 is 1.79 bits per heavy atom. The van der Waals surface area contributed by atoms with Gasteiger partial charge in [0.05, 0.1) is 0 Å². The number of carbonyl (C=O) groups is 1. The number of hydrogen-bond acceptors (Lipinski definition) is 2. The molecule has 1 fully saturated rings. The van der Waals surface area contributed by atoms with Crippen molar-refractivity contribution < 1.29 is 4.79 Å². The second kappa shape index (κ2) is 5.54. The number of aldehydes is 1. The topological polar surface area (TPSA) is 20.3 Å². The van der Waals surface area contributed by atoms with Gasteiger partial charge in [-0.2, -0.15) is 0 Å². The molecule has 3 rings (SSSR count). The van der Waals surface area contributed by atoms with E-state index in [2.05, 4.69) is 47.4 Å². The Morgan fingerprint density at radius 1 is 1.05 bits per heavy atom. The van der Waals surface area contributed by atoms with Gasteiger partial charge in [0.2, 0.25) is 0 Å². The highest BCUT2D eigenvalue weighted by Crippen LogP contribution is 2.22. The Labute approximate surface area is 114 Å². The van der Waals surface area contributed by atoms with E-state index in [0.29, 0.717) is 0 Å². The molecule has 2 nitrogen and oxygen atoms in total. The summed E-state index contributed by atoms with van der Waals surface area (Å²) in [6, 6.07) is 15.1. The van der Waals surface area contributed by atoms with Crippen LogP contribution < -0.4 is 0 Å². The van der Waals surface area contributed by atoms with Crippen molar-refractivity contribution in [3.8, 4) is 0 Å². The molecule has 2 aromatic carbocycles. The van der Waals surface area contributed by atoms with E-state index in [0.717, 1.165) is 38.8 Å². The molecule has 0 N–H and O–H groups in total. The van der Waals surface area contributed by atoms with E-state index in [-0.39, 0.29) is 5.92 Å². The molecule has 1 aliphatic heterocycles. The molecule has 0 aliphatic carbocycles. The number of carbonyl (C=O) groups excluding carboxylic acids is 1. The molecule has 0 bridgehead atoms. The van der Waals surface area contributed by atoms with Crippen molar-refractivity contribution in [2.45, 2.75) is 19.4 Å². The van der Waals surface area contributed by atoms with Gasteiger partial charge in [-0.25, -0.2) is 0 Å². The SMILES string of the molecule is O=CC1CCN(Cc2cccc3ccccc23)CC1. The summed E-state index contributed by atoms with van der Waals surface area (Å²) < 4.78 is 0. The first-order valence-electron chi connectivity index (χ1n) is 7.01. The number of piperidine rings is 1. The lowest BCUT2D eigenvalue weighted by molar-refractivity contribution is -0.112. The third-order valence-electron chi connectivity index (χ3n) is 4.10. The first-order chi connectivity index (χ1) is 9.36. The molecule has 0 amide bonds. The standard InChI is InChI=1S/C17H19NO/c19-13-14-8-10-18(11-9-14)12-16-6-3-5-15-4-1-2-7-17(15)16/h1-7,13-14H,8-12H2. The van der Waals surface area contributed by atoms with Crippen LogP contribution in [0.2, 0.25) is 0 Å².